The molecule has 0 saturated carbocycles. The van der Waals surface area contributed by atoms with E-state index < -0.39 is 12.1 Å². The second-order valence-electron chi connectivity index (χ2n) is 5.75. The first-order chi connectivity index (χ1) is 13.8. The van der Waals surface area contributed by atoms with Crippen LogP contribution in [0.5, 0.6) is 5.75 Å². The third-order valence-electron chi connectivity index (χ3n) is 3.88. The zero-order valence-corrected chi connectivity index (χ0v) is 15.0. The van der Waals surface area contributed by atoms with Crippen molar-refractivity contribution in [2.24, 2.45) is 0 Å². The number of ether oxygens (including phenoxy) is 1. The predicted octanol–water partition coefficient (Wildman–Crippen LogP) is 4.06. The number of methoxy groups -OCH3 is 1. The maximum atomic E-state index is 10.6. The van der Waals surface area contributed by atoms with Crippen LogP contribution in [0.4, 0.5) is 13.2 Å². The standard InChI is InChI=1S/C17H14N4O.C2HF3O2/c1-22-13-4-2-3-12(11-13)15-7-10-21(20-15)16-6-9-19-17-14(16)5-8-18-17;3-2(4,5)1(6)7/h2-11H,1H3,(H,18,19);(H,6,7). The summed E-state index contributed by atoms with van der Waals surface area (Å²) in [7, 11) is 1.66. The van der Waals surface area contributed by atoms with Crippen molar-refractivity contribution in [3.8, 4) is 22.7 Å². The Bertz CT molecular complexity index is 1130. The number of aliphatic carboxylic acids is 1. The average Bonchev–Trinajstić information content (AvgIpc) is 3.37. The van der Waals surface area contributed by atoms with Crippen LogP contribution < -0.4 is 4.74 Å². The van der Waals surface area contributed by atoms with Crippen LogP contribution in [0.1, 0.15) is 0 Å². The van der Waals surface area contributed by atoms with Crippen LogP contribution >= 0.6 is 0 Å². The molecule has 3 heterocycles. The molecule has 0 aliphatic rings. The highest BCUT2D eigenvalue weighted by atomic mass is 19.4. The number of rotatable bonds is 3. The molecule has 2 N–H and O–H groups in total. The number of H-pyrrole nitrogens is 1. The van der Waals surface area contributed by atoms with Gasteiger partial charge in [-0.3, -0.25) is 0 Å². The fraction of sp³-hybridized carbons (Fsp3) is 0.105. The van der Waals surface area contributed by atoms with Gasteiger partial charge in [-0.15, -0.1) is 0 Å². The molecule has 0 aliphatic carbocycles. The fourth-order valence-electron chi connectivity index (χ4n) is 2.54. The third-order valence-corrected chi connectivity index (χ3v) is 3.88. The van der Waals surface area contributed by atoms with Gasteiger partial charge in [-0.2, -0.15) is 18.3 Å². The lowest BCUT2D eigenvalue weighted by molar-refractivity contribution is -0.192. The number of aromatic nitrogens is 4. The Hall–Kier alpha value is -3.82. The summed E-state index contributed by atoms with van der Waals surface area (Å²) < 4.78 is 38.9. The molecule has 0 fully saturated rings. The summed E-state index contributed by atoms with van der Waals surface area (Å²) in [5, 5.41) is 12.8. The Morgan fingerprint density at radius 3 is 2.66 bits per heavy atom. The minimum atomic E-state index is -5.08. The number of halogens is 3. The van der Waals surface area contributed by atoms with Crippen molar-refractivity contribution in [3.05, 3.63) is 61.1 Å². The van der Waals surface area contributed by atoms with Gasteiger partial charge < -0.3 is 14.8 Å². The Morgan fingerprint density at radius 2 is 1.97 bits per heavy atom. The number of aromatic amines is 1. The van der Waals surface area contributed by atoms with Gasteiger partial charge in [-0.05, 0) is 30.3 Å². The number of carboxylic acids is 1. The maximum absolute atomic E-state index is 10.6. The lowest BCUT2D eigenvalue weighted by Crippen LogP contribution is -2.21. The molecule has 0 bridgehead atoms. The highest BCUT2D eigenvalue weighted by Crippen LogP contribution is 2.24. The number of pyridine rings is 1. The quantitative estimate of drug-likeness (QED) is 0.537. The minimum Gasteiger partial charge on any atom is -0.497 e. The number of carboxylic acid groups (broad SMARTS) is 1. The predicted molar refractivity (Wildman–Crippen MR) is 98.9 cm³/mol. The van der Waals surface area contributed by atoms with Crippen molar-refractivity contribution in [1.82, 2.24) is 19.7 Å². The molecule has 150 valence electrons. The largest absolute Gasteiger partial charge is 0.497 e. The summed E-state index contributed by atoms with van der Waals surface area (Å²) in [6, 6.07) is 13.8. The molecular weight excluding hydrogens is 389 g/mol. The molecule has 0 saturated heterocycles. The van der Waals surface area contributed by atoms with Gasteiger partial charge in [0.15, 0.2) is 0 Å². The van der Waals surface area contributed by atoms with E-state index in [-0.39, 0.29) is 0 Å². The van der Waals surface area contributed by atoms with E-state index in [0.717, 1.165) is 33.7 Å². The highest BCUT2D eigenvalue weighted by Gasteiger charge is 2.38. The van der Waals surface area contributed by atoms with E-state index in [2.05, 4.69) is 15.1 Å². The summed E-state index contributed by atoms with van der Waals surface area (Å²) in [6.07, 6.45) is 0.533. The molecule has 4 aromatic rings. The van der Waals surface area contributed by atoms with Crippen molar-refractivity contribution in [3.63, 3.8) is 0 Å². The summed E-state index contributed by atoms with van der Waals surface area (Å²) in [6.45, 7) is 0. The van der Waals surface area contributed by atoms with Crippen LogP contribution in [0.3, 0.4) is 0 Å². The zero-order chi connectivity index (χ0) is 21.0. The number of benzene rings is 1. The summed E-state index contributed by atoms with van der Waals surface area (Å²) in [4.78, 5) is 16.3. The second kappa shape index (κ2) is 8.05. The SMILES string of the molecule is COc1cccc(-c2ccn(-c3ccnc4[nH]ccc34)n2)c1.O=C(O)C(F)(F)F. The summed E-state index contributed by atoms with van der Waals surface area (Å²) in [5.41, 5.74) is 3.79. The lowest BCUT2D eigenvalue weighted by atomic mass is 10.1. The van der Waals surface area contributed by atoms with Crippen molar-refractivity contribution in [2.75, 3.05) is 7.11 Å². The number of carbonyl (C=O) groups is 1. The van der Waals surface area contributed by atoms with Crippen LogP contribution in [0.15, 0.2) is 61.1 Å². The average molecular weight is 404 g/mol. The molecule has 0 spiro atoms. The molecule has 1 aromatic carbocycles. The number of fused-ring (bicyclic) bond motifs is 1. The van der Waals surface area contributed by atoms with E-state index in [1.165, 1.54) is 0 Å². The fourth-order valence-corrected chi connectivity index (χ4v) is 2.54. The first kappa shape index (κ1) is 19.9. The normalized spacial score (nSPS) is 11.0. The van der Waals surface area contributed by atoms with Gasteiger partial charge in [0.1, 0.15) is 11.4 Å². The molecule has 29 heavy (non-hydrogen) atoms. The van der Waals surface area contributed by atoms with Gasteiger partial charge in [0, 0.05) is 29.5 Å². The number of nitrogens with zero attached hydrogens (tertiary/aromatic N) is 3. The molecule has 0 atom stereocenters. The summed E-state index contributed by atoms with van der Waals surface area (Å²) in [5.74, 6) is -1.93. The van der Waals surface area contributed by atoms with Crippen LogP contribution in [0.25, 0.3) is 28.0 Å². The van der Waals surface area contributed by atoms with E-state index in [4.69, 9.17) is 14.6 Å². The van der Waals surface area contributed by atoms with Crippen LogP contribution in [0.2, 0.25) is 0 Å². The number of alkyl halides is 3. The van der Waals surface area contributed by atoms with E-state index in [1.54, 1.807) is 13.3 Å². The zero-order valence-electron chi connectivity index (χ0n) is 15.0. The van der Waals surface area contributed by atoms with Crippen LogP contribution in [-0.2, 0) is 4.79 Å². The monoisotopic (exact) mass is 404 g/mol. The van der Waals surface area contributed by atoms with Crippen molar-refractivity contribution < 1.29 is 27.8 Å². The van der Waals surface area contributed by atoms with Crippen molar-refractivity contribution in [2.45, 2.75) is 6.18 Å². The molecule has 7 nitrogen and oxygen atoms in total. The number of hydrogen-bond donors (Lipinski definition) is 2. The molecule has 0 unspecified atom stereocenters. The van der Waals surface area contributed by atoms with Gasteiger partial charge in [-0.25, -0.2) is 14.5 Å². The highest BCUT2D eigenvalue weighted by molar-refractivity contribution is 5.84. The van der Waals surface area contributed by atoms with Crippen LogP contribution in [-0.4, -0.2) is 44.1 Å². The maximum Gasteiger partial charge on any atom is 0.490 e. The molecule has 0 radical (unpaired) electrons. The molecule has 4 rings (SSSR count). The van der Waals surface area contributed by atoms with Gasteiger partial charge >= 0.3 is 12.1 Å². The summed E-state index contributed by atoms with van der Waals surface area (Å²) >= 11 is 0. The topological polar surface area (TPSA) is 93.0 Å². The molecule has 0 amide bonds. The molecule has 10 heteroatoms. The molecule has 3 aromatic heterocycles. The first-order valence-corrected chi connectivity index (χ1v) is 8.22. The second-order valence-corrected chi connectivity index (χ2v) is 5.75. The minimum absolute atomic E-state index is 0.823. The molecular formula is C19H15F3N4O3. The Morgan fingerprint density at radius 1 is 1.21 bits per heavy atom. The van der Waals surface area contributed by atoms with E-state index in [9.17, 15) is 13.2 Å². The van der Waals surface area contributed by atoms with Gasteiger partial charge in [-0.1, -0.05) is 12.1 Å². The van der Waals surface area contributed by atoms with E-state index in [1.807, 2.05) is 59.5 Å². The van der Waals surface area contributed by atoms with E-state index in [0.29, 0.717) is 0 Å². The van der Waals surface area contributed by atoms with Crippen molar-refractivity contribution in [1.29, 1.82) is 0 Å². The Kier molecular flexibility index (Phi) is 5.53. The van der Waals surface area contributed by atoms with Gasteiger partial charge in [0.25, 0.3) is 0 Å². The third kappa shape index (κ3) is 4.54. The Balaban J connectivity index is 0.000000298. The van der Waals surface area contributed by atoms with Gasteiger partial charge in [0.2, 0.25) is 0 Å². The Labute approximate surface area is 162 Å². The number of nitrogens with one attached hydrogen (secondary N) is 1. The first-order valence-electron chi connectivity index (χ1n) is 8.22. The van der Waals surface area contributed by atoms with E-state index >= 15 is 0 Å². The van der Waals surface area contributed by atoms with Crippen molar-refractivity contribution >= 4 is 17.0 Å². The smallest absolute Gasteiger partial charge is 0.490 e. The number of hydrogen-bond acceptors (Lipinski definition) is 4. The molecule has 0 aliphatic heterocycles. The van der Waals surface area contributed by atoms with Gasteiger partial charge in [0.05, 0.1) is 18.5 Å². The van der Waals surface area contributed by atoms with Crippen LogP contribution in [0, 0.1) is 0 Å². The lowest BCUT2D eigenvalue weighted by Gasteiger charge is -2.04.